The fourth-order valence-electron chi connectivity index (χ4n) is 4.78. The molecule has 4 aromatic rings. The predicted octanol–water partition coefficient (Wildman–Crippen LogP) is 5.01. The van der Waals surface area contributed by atoms with Gasteiger partial charge in [0.05, 0.1) is 35.1 Å². The van der Waals surface area contributed by atoms with Gasteiger partial charge in [0.2, 0.25) is 0 Å². The predicted molar refractivity (Wildman–Crippen MR) is 141 cm³/mol. The maximum absolute atomic E-state index is 13.5. The third-order valence-electron chi connectivity index (χ3n) is 6.77. The minimum Gasteiger partial charge on any atom is -0.497 e. The van der Waals surface area contributed by atoms with E-state index in [0.717, 1.165) is 42.7 Å². The fraction of sp³-hybridized carbons (Fsp3) is 0.310. The number of nitrogens with zero attached hydrogens (tertiary/aromatic N) is 3. The average molecular weight is 499 g/mol. The first-order valence-corrected chi connectivity index (χ1v) is 12.6. The third-order valence-corrected chi connectivity index (χ3v) is 6.77. The van der Waals surface area contributed by atoms with Crippen molar-refractivity contribution in [1.29, 1.82) is 0 Å². The van der Waals surface area contributed by atoms with Crippen molar-refractivity contribution in [2.75, 3.05) is 7.11 Å². The first kappa shape index (κ1) is 24.5. The summed E-state index contributed by atoms with van der Waals surface area (Å²) in [5.41, 5.74) is 3.71. The molecular weight excluding hydrogens is 468 g/mol. The monoisotopic (exact) mass is 498 g/mol. The highest BCUT2D eigenvalue weighted by Crippen LogP contribution is 2.30. The summed E-state index contributed by atoms with van der Waals surface area (Å²) in [4.78, 5) is 31.1. The zero-order valence-electron chi connectivity index (χ0n) is 21.2. The summed E-state index contributed by atoms with van der Waals surface area (Å²) in [7, 11) is 1.61. The van der Waals surface area contributed by atoms with Gasteiger partial charge in [0.25, 0.3) is 5.91 Å². The molecule has 1 N–H and O–H groups in total. The van der Waals surface area contributed by atoms with Gasteiger partial charge in [0, 0.05) is 11.6 Å². The van der Waals surface area contributed by atoms with Crippen LogP contribution < -0.4 is 10.1 Å². The molecule has 5 rings (SSSR count). The van der Waals surface area contributed by atoms with Crippen molar-refractivity contribution in [3.8, 4) is 22.7 Å². The van der Waals surface area contributed by atoms with E-state index < -0.39 is 12.1 Å². The van der Waals surface area contributed by atoms with Crippen LogP contribution in [0.15, 0.2) is 60.7 Å². The van der Waals surface area contributed by atoms with Crippen molar-refractivity contribution in [2.45, 2.75) is 51.7 Å². The fourth-order valence-corrected chi connectivity index (χ4v) is 4.78. The van der Waals surface area contributed by atoms with E-state index in [-0.39, 0.29) is 11.9 Å². The molecule has 2 aromatic carbocycles. The third kappa shape index (κ3) is 5.05. The van der Waals surface area contributed by atoms with Crippen LogP contribution in [0.5, 0.6) is 5.75 Å². The highest BCUT2D eigenvalue weighted by Gasteiger charge is 2.27. The number of nitrogens with one attached hydrogen (secondary N) is 1. The number of hydrogen-bond acceptors (Lipinski definition) is 6. The molecule has 190 valence electrons. The van der Waals surface area contributed by atoms with Crippen LogP contribution in [0.3, 0.4) is 0 Å². The Morgan fingerprint density at radius 1 is 1.05 bits per heavy atom. The summed E-state index contributed by atoms with van der Waals surface area (Å²) in [6, 6.07) is 18.9. The summed E-state index contributed by atoms with van der Waals surface area (Å²) < 4.78 is 12.7. The van der Waals surface area contributed by atoms with Crippen molar-refractivity contribution in [3.05, 3.63) is 71.9 Å². The molecule has 2 heterocycles. The summed E-state index contributed by atoms with van der Waals surface area (Å²) in [6.45, 7) is 3.44. The first-order chi connectivity index (χ1) is 17.9. The largest absolute Gasteiger partial charge is 0.497 e. The molecule has 0 radical (unpaired) electrons. The lowest BCUT2D eigenvalue weighted by Gasteiger charge is -2.17. The lowest BCUT2D eigenvalue weighted by Crippen LogP contribution is -2.40. The van der Waals surface area contributed by atoms with Gasteiger partial charge >= 0.3 is 5.97 Å². The van der Waals surface area contributed by atoms with Crippen LogP contribution in [0.25, 0.3) is 28.0 Å². The minimum atomic E-state index is -0.926. The zero-order chi connectivity index (χ0) is 25.9. The molecule has 37 heavy (non-hydrogen) atoms. The number of carbonyl (C=O) groups excluding carboxylic acids is 2. The van der Waals surface area contributed by atoms with Gasteiger partial charge in [-0.2, -0.15) is 5.10 Å². The summed E-state index contributed by atoms with van der Waals surface area (Å²) in [6.07, 6.45) is 3.20. The van der Waals surface area contributed by atoms with E-state index in [2.05, 4.69) is 5.32 Å². The van der Waals surface area contributed by atoms with Crippen LogP contribution in [0, 0.1) is 6.92 Å². The number of carbonyl (C=O) groups is 2. The van der Waals surface area contributed by atoms with Crippen molar-refractivity contribution in [1.82, 2.24) is 20.1 Å². The number of aromatic nitrogens is 3. The molecule has 1 atom stereocenters. The summed E-state index contributed by atoms with van der Waals surface area (Å²) >= 11 is 0. The number of pyridine rings is 1. The number of hydrogen-bond donors (Lipinski definition) is 1. The lowest BCUT2D eigenvalue weighted by molar-refractivity contribution is -0.129. The van der Waals surface area contributed by atoms with E-state index >= 15 is 0 Å². The maximum Gasteiger partial charge on any atom is 0.339 e. The van der Waals surface area contributed by atoms with E-state index in [1.807, 2.05) is 61.5 Å². The van der Waals surface area contributed by atoms with E-state index in [9.17, 15) is 9.59 Å². The summed E-state index contributed by atoms with van der Waals surface area (Å²) in [5.74, 6) is -0.152. The smallest absolute Gasteiger partial charge is 0.339 e. The Kier molecular flexibility index (Phi) is 6.90. The molecule has 1 amide bonds. The molecule has 0 aliphatic heterocycles. The molecule has 1 aliphatic rings. The second-order valence-electron chi connectivity index (χ2n) is 9.35. The van der Waals surface area contributed by atoms with Crippen LogP contribution in [0.2, 0.25) is 0 Å². The second-order valence-corrected chi connectivity index (χ2v) is 9.35. The number of aryl methyl sites for hydroxylation is 1. The molecule has 8 nitrogen and oxygen atoms in total. The van der Waals surface area contributed by atoms with Crippen molar-refractivity contribution < 1.29 is 19.1 Å². The Balaban J connectivity index is 1.55. The first-order valence-electron chi connectivity index (χ1n) is 12.6. The standard InChI is InChI=1S/C29H30N4O4/c1-18-26-24(29(35)37-19(2)28(34)30-21-9-7-8-10-21)17-25(20-13-15-23(36-3)16-14-20)31-27(26)33(32-18)22-11-5-4-6-12-22/h4-6,11-17,19,21H,7-10H2,1-3H3,(H,30,34). The quantitative estimate of drug-likeness (QED) is 0.360. The van der Waals surface area contributed by atoms with Crippen LogP contribution in [-0.4, -0.2) is 45.9 Å². The number of esters is 1. The van der Waals surface area contributed by atoms with Gasteiger partial charge in [-0.25, -0.2) is 14.5 Å². The van der Waals surface area contributed by atoms with Crippen LogP contribution >= 0.6 is 0 Å². The molecule has 0 spiro atoms. The molecule has 1 saturated carbocycles. The average Bonchev–Trinajstić information content (AvgIpc) is 3.56. The normalized spacial score (nSPS) is 14.5. The summed E-state index contributed by atoms with van der Waals surface area (Å²) in [5, 5.41) is 8.29. The SMILES string of the molecule is COc1ccc(-c2cc(C(=O)OC(C)C(=O)NC3CCCC3)c3c(C)nn(-c4ccccc4)c3n2)cc1. The Bertz CT molecular complexity index is 1420. The molecule has 0 bridgehead atoms. The van der Waals surface area contributed by atoms with Gasteiger partial charge in [-0.3, -0.25) is 4.79 Å². The van der Waals surface area contributed by atoms with Gasteiger partial charge in [-0.05, 0) is 69.2 Å². The van der Waals surface area contributed by atoms with Crippen molar-refractivity contribution >= 4 is 22.9 Å². The van der Waals surface area contributed by atoms with Crippen LogP contribution in [0.4, 0.5) is 0 Å². The molecule has 0 saturated heterocycles. The number of amides is 1. The van der Waals surface area contributed by atoms with Crippen LogP contribution in [-0.2, 0) is 9.53 Å². The highest BCUT2D eigenvalue weighted by atomic mass is 16.5. The minimum absolute atomic E-state index is 0.148. The Labute approximate surface area is 215 Å². The number of methoxy groups -OCH3 is 1. The van der Waals surface area contributed by atoms with E-state index in [4.69, 9.17) is 19.6 Å². The topological polar surface area (TPSA) is 95.3 Å². The highest BCUT2D eigenvalue weighted by molar-refractivity contribution is 6.06. The Morgan fingerprint density at radius 2 is 1.76 bits per heavy atom. The van der Waals surface area contributed by atoms with E-state index in [1.165, 1.54) is 0 Å². The maximum atomic E-state index is 13.5. The molecule has 2 aromatic heterocycles. The van der Waals surface area contributed by atoms with E-state index in [0.29, 0.717) is 28.0 Å². The molecule has 1 aliphatic carbocycles. The van der Waals surface area contributed by atoms with Crippen molar-refractivity contribution in [3.63, 3.8) is 0 Å². The van der Waals surface area contributed by atoms with Gasteiger partial charge in [0.15, 0.2) is 11.8 Å². The van der Waals surface area contributed by atoms with Gasteiger partial charge in [0.1, 0.15) is 5.75 Å². The van der Waals surface area contributed by atoms with Gasteiger partial charge in [-0.1, -0.05) is 31.0 Å². The Hall–Kier alpha value is -4.20. The molecule has 8 heteroatoms. The molecular formula is C29H30N4O4. The van der Waals surface area contributed by atoms with Gasteiger partial charge < -0.3 is 14.8 Å². The Morgan fingerprint density at radius 3 is 2.43 bits per heavy atom. The second kappa shape index (κ2) is 10.4. The van der Waals surface area contributed by atoms with E-state index in [1.54, 1.807) is 24.8 Å². The number of rotatable bonds is 7. The number of benzene rings is 2. The number of fused-ring (bicyclic) bond motifs is 1. The molecule has 1 fully saturated rings. The zero-order valence-corrected chi connectivity index (χ0v) is 21.2. The molecule has 1 unspecified atom stereocenters. The number of ether oxygens (including phenoxy) is 2. The number of para-hydroxylation sites is 1. The van der Waals surface area contributed by atoms with Crippen LogP contribution in [0.1, 0.15) is 48.7 Å². The van der Waals surface area contributed by atoms with Gasteiger partial charge in [-0.15, -0.1) is 0 Å². The lowest BCUT2D eigenvalue weighted by atomic mass is 10.1. The van der Waals surface area contributed by atoms with Crippen molar-refractivity contribution in [2.24, 2.45) is 0 Å².